The topological polar surface area (TPSA) is 75.1 Å². The van der Waals surface area contributed by atoms with Crippen LogP contribution in [-0.4, -0.2) is 61.9 Å². The van der Waals surface area contributed by atoms with Crippen LogP contribution in [0.25, 0.3) is 22.5 Å². The Morgan fingerprint density at radius 1 is 0.639 bits per heavy atom. The van der Waals surface area contributed by atoms with Gasteiger partial charge >= 0.3 is 6.03 Å². The van der Waals surface area contributed by atoms with Gasteiger partial charge in [-0.25, -0.2) is 4.79 Å². The minimum absolute atomic E-state index is 0.0881. The normalized spacial score (nSPS) is 15.9. The van der Waals surface area contributed by atoms with Gasteiger partial charge in [0.2, 0.25) is 0 Å². The van der Waals surface area contributed by atoms with Crippen molar-refractivity contribution < 1.29 is 4.79 Å². The van der Waals surface area contributed by atoms with Gasteiger partial charge in [-0.15, -0.1) is 0 Å². The fourth-order valence-electron chi connectivity index (χ4n) is 5.20. The monoisotopic (exact) mass is 476 g/mol. The molecule has 0 N–H and O–H groups in total. The van der Waals surface area contributed by atoms with Crippen LogP contribution in [0.2, 0.25) is 0 Å². The zero-order chi connectivity index (χ0) is 24.6. The van der Waals surface area contributed by atoms with Crippen molar-refractivity contribution in [3.05, 3.63) is 95.8 Å². The van der Waals surface area contributed by atoms with Crippen LogP contribution in [0.3, 0.4) is 0 Å². The van der Waals surface area contributed by atoms with E-state index in [0.717, 1.165) is 33.9 Å². The fraction of sp³-hybridized carbons (Fsp3) is 0.276. The molecule has 0 unspecified atom stereocenters. The van der Waals surface area contributed by atoms with E-state index in [-0.39, 0.29) is 17.9 Å². The summed E-state index contributed by atoms with van der Waals surface area (Å²) in [5.41, 5.74) is 8.33. The van der Waals surface area contributed by atoms with Crippen molar-refractivity contribution in [2.45, 2.75) is 25.7 Å². The summed E-state index contributed by atoms with van der Waals surface area (Å²) >= 11 is 0. The first-order chi connectivity index (χ1) is 17.6. The third kappa shape index (κ3) is 3.90. The molecule has 180 valence electrons. The van der Waals surface area contributed by atoms with Crippen molar-refractivity contribution in [2.75, 3.05) is 26.2 Å². The molecule has 2 fully saturated rings. The molecule has 0 saturated carbocycles. The Morgan fingerprint density at radius 3 is 1.44 bits per heavy atom. The third-order valence-corrected chi connectivity index (χ3v) is 7.33. The molecule has 0 bridgehead atoms. The number of amides is 2. The van der Waals surface area contributed by atoms with Gasteiger partial charge in [0.25, 0.3) is 0 Å². The average Bonchev–Trinajstić information content (AvgIpc) is 2.84. The molecule has 0 aliphatic carbocycles. The SMILES string of the molecule is Cc1ccccc1-c1nccnc1C1CN(C(=O)N2CC(c3nccnc3-c3ccccc3C)C2)C1. The molecule has 4 heterocycles. The molecule has 2 saturated heterocycles. The number of hydrogen-bond donors (Lipinski definition) is 0. The van der Waals surface area contributed by atoms with Crippen molar-refractivity contribution in [1.29, 1.82) is 0 Å². The summed E-state index contributed by atoms with van der Waals surface area (Å²) in [6.07, 6.45) is 6.97. The Bertz CT molecular complexity index is 1320. The summed E-state index contributed by atoms with van der Waals surface area (Å²) in [6.45, 7) is 6.83. The van der Waals surface area contributed by atoms with E-state index in [9.17, 15) is 4.79 Å². The van der Waals surface area contributed by atoms with Crippen molar-refractivity contribution in [2.24, 2.45) is 0 Å². The van der Waals surface area contributed by atoms with Crippen LogP contribution in [0.5, 0.6) is 0 Å². The van der Waals surface area contributed by atoms with Crippen LogP contribution in [0, 0.1) is 13.8 Å². The van der Waals surface area contributed by atoms with Gasteiger partial charge in [0.1, 0.15) is 0 Å². The number of benzene rings is 2. The Kier molecular flexibility index (Phi) is 5.68. The Hall–Kier alpha value is -4.13. The summed E-state index contributed by atoms with van der Waals surface area (Å²) in [6, 6.07) is 16.6. The lowest BCUT2D eigenvalue weighted by Gasteiger charge is -2.47. The van der Waals surface area contributed by atoms with Gasteiger partial charge in [0.05, 0.1) is 22.8 Å². The molecule has 0 radical (unpaired) electrons. The summed E-state index contributed by atoms with van der Waals surface area (Å²) < 4.78 is 0. The predicted octanol–water partition coefficient (Wildman–Crippen LogP) is 4.84. The Labute approximate surface area is 210 Å². The Morgan fingerprint density at radius 2 is 1.03 bits per heavy atom. The van der Waals surface area contributed by atoms with Gasteiger partial charge in [-0.2, -0.15) is 0 Å². The van der Waals surface area contributed by atoms with Gasteiger partial charge in [-0.3, -0.25) is 19.9 Å². The molecule has 2 aliphatic heterocycles. The first-order valence-electron chi connectivity index (χ1n) is 12.4. The number of nitrogens with zero attached hydrogens (tertiary/aromatic N) is 6. The second-order valence-electron chi connectivity index (χ2n) is 9.70. The molecule has 7 heteroatoms. The van der Waals surface area contributed by atoms with E-state index in [1.54, 1.807) is 24.8 Å². The van der Waals surface area contributed by atoms with Crippen LogP contribution < -0.4 is 0 Å². The molecule has 0 spiro atoms. The highest BCUT2D eigenvalue weighted by Crippen LogP contribution is 2.37. The third-order valence-electron chi connectivity index (χ3n) is 7.33. The zero-order valence-corrected chi connectivity index (χ0v) is 20.5. The molecule has 0 atom stereocenters. The van der Waals surface area contributed by atoms with E-state index in [1.807, 2.05) is 34.1 Å². The van der Waals surface area contributed by atoms with Crippen LogP contribution in [0.15, 0.2) is 73.3 Å². The van der Waals surface area contributed by atoms with Crippen LogP contribution in [0.1, 0.15) is 34.4 Å². The van der Waals surface area contributed by atoms with Crippen LogP contribution in [-0.2, 0) is 0 Å². The number of carbonyl (C=O) groups excluding carboxylic acids is 1. The number of likely N-dealkylation sites (tertiary alicyclic amines) is 2. The molecule has 7 nitrogen and oxygen atoms in total. The predicted molar refractivity (Wildman–Crippen MR) is 138 cm³/mol. The van der Waals surface area contributed by atoms with E-state index >= 15 is 0 Å². The summed E-state index contributed by atoms with van der Waals surface area (Å²) in [4.78, 5) is 35.6. The van der Waals surface area contributed by atoms with Gasteiger partial charge in [-0.1, -0.05) is 48.5 Å². The molecule has 2 aromatic carbocycles. The van der Waals surface area contributed by atoms with Crippen molar-refractivity contribution in [3.63, 3.8) is 0 Å². The van der Waals surface area contributed by atoms with Gasteiger partial charge in [0.15, 0.2) is 0 Å². The van der Waals surface area contributed by atoms with E-state index in [1.165, 1.54) is 11.1 Å². The first-order valence-corrected chi connectivity index (χ1v) is 12.4. The lowest BCUT2D eigenvalue weighted by Crippen LogP contribution is -2.59. The molecule has 2 amide bonds. The Balaban J connectivity index is 1.12. The van der Waals surface area contributed by atoms with E-state index in [2.05, 4.69) is 58.0 Å². The number of carbonyl (C=O) groups is 1. The minimum atomic E-state index is 0.0881. The van der Waals surface area contributed by atoms with Crippen LogP contribution >= 0.6 is 0 Å². The van der Waals surface area contributed by atoms with Gasteiger partial charge < -0.3 is 9.80 Å². The number of aryl methyl sites for hydroxylation is 2. The lowest BCUT2D eigenvalue weighted by atomic mass is 9.90. The van der Waals surface area contributed by atoms with Crippen molar-refractivity contribution >= 4 is 6.03 Å². The molecular formula is C29H28N6O. The molecule has 6 rings (SSSR count). The standard InChI is InChI=1S/C29H28N6O/c1-19-7-3-5-9-23(19)27-25(30-11-13-32-27)21-15-34(16-21)29(36)35-17-22(18-35)26-28(33-14-12-31-26)24-10-6-4-8-20(24)2/h3-14,21-22H,15-18H2,1-2H3. The molecule has 2 aromatic heterocycles. The number of aromatic nitrogens is 4. The number of urea groups is 1. The number of hydrogen-bond acceptors (Lipinski definition) is 5. The van der Waals surface area contributed by atoms with Gasteiger partial charge in [0, 0.05) is 73.9 Å². The smallest absolute Gasteiger partial charge is 0.320 e. The summed E-state index contributed by atoms with van der Waals surface area (Å²) in [7, 11) is 0. The average molecular weight is 477 g/mol. The summed E-state index contributed by atoms with van der Waals surface area (Å²) in [5.74, 6) is 0.393. The zero-order valence-electron chi connectivity index (χ0n) is 20.5. The number of rotatable bonds is 4. The van der Waals surface area contributed by atoms with E-state index in [0.29, 0.717) is 26.2 Å². The molecular weight excluding hydrogens is 448 g/mol. The van der Waals surface area contributed by atoms with Gasteiger partial charge in [-0.05, 0) is 25.0 Å². The first kappa shape index (κ1) is 22.3. The molecule has 2 aliphatic rings. The van der Waals surface area contributed by atoms with Crippen LogP contribution in [0.4, 0.5) is 4.79 Å². The highest BCUT2D eigenvalue weighted by atomic mass is 16.2. The molecule has 4 aromatic rings. The largest absolute Gasteiger partial charge is 0.323 e. The van der Waals surface area contributed by atoms with E-state index < -0.39 is 0 Å². The maximum absolute atomic E-state index is 13.2. The quantitative estimate of drug-likeness (QED) is 0.422. The second-order valence-corrected chi connectivity index (χ2v) is 9.70. The van der Waals surface area contributed by atoms with Crippen molar-refractivity contribution in [3.8, 4) is 22.5 Å². The van der Waals surface area contributed by atoms with E-state index in [4.69, 9.17) is 0 Å². The van der Waals surface area contributed by atoms with Crippen molar-refractivity contribution in [1.82, 2.24) is 29.7 Å². The minimum Gasteiger partial charge on any atom is -0.323 e. The lowest BCUT2D eigenvalue weighted by molar-refractivity contribution is 0.0836. The second kappa shape index (κ2) is 9.15. The molecule has 36 heavy (non-hydrogen) atoms. The highest BCUT2D eigenvalue weighted by Gasteiger charge is 2.41. The fourth-order valence-corrected chi connectivity index (χ4v) is 5.20. The maximum Gasteiger partial charge on any atom is 0.320 e. The maximum atomic E-state index is 13.2. The highest BCUT2D eigenvalue weighted by molar-refractivity contribution is 5.78. The summed E-state index contributed by atoms with van der Waals surface area (Å²) in [5, 5.41) is 0.